The van der Waals surface area contributed by atoms with Crippen molar-refractivity contribution in [1.82, 2.24) is 10.1 Å². The number of carbonyl (C=O) groups excluding carboxylic acids is 1. The number of benzene rings is 1. The second-order valence-corrected chi connectivity index (χ2v) is 6.99. The Labute approximate surface area is 145 Å². The first-order valence-corrected chi connectivity index (χ1v) is 8.96. The van der Waals surface area contributed by atoms with Gasteiger partial charge in [0.25, 0.3) is 5.91 Å². The van der Waals surface area contributed by atoms with E-state index in [4.69, 9.17) is 14.0 Å². The molecule has 5 rings (SSSR count). The summed E-state index contributed by atoms with van der Waals surface area (Å²) in [6.07, 6.45) is 4.97. The topological polar surface area (TPSA) is 64.8 Å². The third-order valence-corrected chi connectivity index (χ3v) is 5.50. The van der Waals surface area contributed by atoms with Crippen LogP contribution in [-0.4, -0.2) is 35.8 Å². The monoisotopic (exact) mass is 340 g/mol. The number of aryl methyl sites for hydroxylation is 1. The summed E-state index contributed by atoms with van der Waals surface area (Å²) in [5.74, 6) is 2.83. The van der Waals surface area contributed by atoms with Crippen LogP contribution in [0.3, 0.4) is 0 Å². The van der Waals surface area contributed by atoms with Crippen LogP contribution in [0.25, 0.3) is 0 Å². The molecule has 0 N–H and O–H groups in total. The summed E-state index contributed by atoms with van der Waals surface area (Å²) in [5, 5.41) is 4.08. The highest BCUT2D eigenvalue weighted by molar-refractivity contribution is 5.94. The van der Waals surface area contributed by atoms with Gasteiger partial charge in [0.15, 0.2) is 17.2 Å². The number of hydrogen-bond donors (Lipinski definition) is 0. The van der Waals surface area contributed by atoms with Gasteiger partial charge in [-0.2, -0.15) is 0 Å². The third-order valence-electron chi connectivity index (χ3n) is 5.50. The van der Waals surface area contributed by atoms with E-state index < -0.39 is 0 Å². The van der Waals surface area contributed by atoms with E-state index in [-0.39, 0.29) is 12.7 Å². The smallest absolute Gasteiger partial charge is 0.276 e. The molecule has 1 saturated heterocycles. The molecule has 0 radical (unpaired) electrons. The van der Waals surface area contributed by atoms with Crippen LogP contribution in [0, 0.1) is 0 Å². The van der Waals surface area contributed by atoms with Crippen LogP contribution < -0.4 is 9.47 Å². The number of carbonyl (C=O) groups is 1. The Morgan fingerprint density at radius 3 is 3.00 bits per heavy atom. The Hall–Kier alpha value is -2.50. The quantitative estimate of drug-likeness (QED) is 0.841. The summed E-state index contributed by atoms with van der Waals surface area (Å²) < 4.78 is 16.2. The van der Waals surface area contributed by atoms with Crippen LogP contribution in [0.2, 0.25) is 0 Å². The molecule has 2 aliphatic heterocycles. The molecule has 0 bridgehead atoms. The van der Waals surface area contributed by atoms with E-state index in [2.05, 4.69) is 11.2 Å². The summed E-state index contributed by atoms with van der Waals surface area (Å²) in [6.45, 7) is 1.74. The van der Waals surface area contributed by atoms with Crippen molar-refractivity contribution < 1.29 is 18.8 Å². The Morgan fingerprint density at radius 2 is 2.04 bits per heavy atom. The Kier molecular flexibility index (Phi) is 3.43. The van der Waals surface area contributed by atoms with E-state index >= 15 is 0 Å². The van der Waals surface area contributed by atoms with Crippen LogP contribution in [-0.2, 0) is 12.8 Å². The molecule has 1 amide bonds. The predicted molar refractivity (Wildman–Crippen MR) is 89.0 cm³/mol. The van der Waals surface area contributed by atoms with Crippen molar-refractivity contribution in [3.8, 4) is 11.5 Å². The van der Waals surface area contributed by atoms with Crippen LogP contribution >= 0.6 is 0 Å². The summed E-state index contributed by atoms with van der Waals surface area (Å²) >= 11 is 0. The lowest BCUT2D eigenvalue weighted by Gasteiger charge is -2.17. The van der Waals surface area contributed by atoms with Crippen molar-refractivity contribution in [2.24, 2.45) is 0 Å². The fraction of sp³-hybridized carbons (Fsp3) is 0.474. The maximum absolute atomic E-state index is 12.9. The van der Waals surface area contributed by atoms with E-state index in [0.29, 0.717) is 18.2 Å². The molecule has 130 valence electrons. The van der Waals surface area contributed by atoms with Crippen molar-refractivity contribution in [3.63, 3.8) is 0 Å². The predicted octanol–water partition coefficient (Wildman–Crippen LogP) is 2.91. The zero-order valence-electron chi connectivity index (χ0n) is 14.0. The first-order chi connectivity index (χ1) is 12.3. The van der Waals surface area contributed by atoms with Gasteiger partial charge in [0.1, 0.15) is 5.76 Å². The summed E-state index contributed by atoms with van der Waals surface area (Å²) in [4.78, 5) is 14.8. The molecule has 1 unspecified atom stereocenters. The first-order valence-electron chi connectivity index (χ1n) is 8.96. The molecule has 1 fully saturated rings. The number of hydrogen-bond acceptors (Lipinski definition) is 5. The minimum absolute atomic E-state index is 0.00939. The van der Waals surface area contributed by atoms with Crippen LogP contribution in [0.15, 0.2) is 22.7 Å². The zero-order valence-corrected chi connectivity index (χ0v) is 14.0. The van der Waals surface area contributed by atoms with Gasteiger partial charge in [-0.1, -0.05) is 11.2 Å². The Morgan fingerprint density at radius 1 is 1.16 bits per heavy atom. The Bertz CT molecular complexity index is 829. The van der Waals surface area contributed by atoms with Crippen LogP contribution in [0.4, 0.5) is 0 Å². The molecule has 1 aliphatic carbocycles. The minimum atomic E-state index is 0.00939. The van der Waals surface area contributed by atoms with Crippen LogP contribution in [0.5, 0.6) is 11.5 Å². The standard InChI is InChI=1S/C19H20N2O4/c22-19(18-14-3-1-2-4-15(14)25-20-18)21-8-7-13(10-21)12-5-6-16-17(9-12)24-11-23-16/h5-6,9,13H,1-4,7-8,10-11H2. The lowest BCUT2D eigenvalue weighted by Crippen LogP contribution is -2.29. The van der Waals surface area contributed by atoms with Gasteiger partial charge in [0.05, 0.1) is 0 Å². The minimum Gasteiger partial charge on any atom is -0.454 e. The van der Waals surface area contributed by atoms with E-state index in [9.17, 15) is 4.79 Å². The van der Waals surface area contributed by atoms with Crippen molar-refractivity contribution in [1.29, 1.82) is 0 Å². The number of nitrogens with zero attached hydrogens (tertiary/aromatic N) is 2. The number of likely N-dealkylation sites (tertiary alicyclic amines) is 1. The molecule has 1 atom stereocenters. The summed E-state index contributed by atoms with van der Waals surface area (Å²) in [6, 6.07) is 6.07. The van der Waals surface area contributed by atoms with Gasteiger partial charge < -0.3 is 18.9 Å². The first kappa shape index (κ1) is 14.8. The molecule has 0 saturated carbocycles. The molecule has 6 heteroatoms. The van der Waals surface area contributed by atoms with Gasteiger partial charge in [0, 0.05) is 31.0 Å². The molecule has 3 aliphatic rings. The molecule has 6 nitrogen and oxygen atoms in total. The highest BCUT2D eigenvalue weighted by atomic mass is 16.7. The largest absolute Gasteiger partial charge is 0.454 e. The molecule has 25 heavy (non-hydrogen) atoms. The average Bonchev–Trinajstić information content (AvgIpc) is 3.38. The molecule has 0 spiro atoms. The van der Waals surface area contributed by atoms with E-state index in [1.165, 1.54) is 5.56 Å². The SMILES string of the molecule is O=C(c1noc2c1CCCC2)N1CCC(c2ccc3c(c2)OCO3)C1. The van der Waals surface area contributed by atoms with E-state index in [1.54, 1.807) is 0 Å². The van der Waals surface area contributed by atoms with Crippen LogP contribution in [0.1, 0.15) is 52.6 Å². The second kappa shape index (κ2) is 5.79. The van der Waals surface area contributed by atoms with Gasteiger partial charge in [-0.25, -0.2) is 0 Å². The molecule has 1 aromatic carbocycles. The van der Waals surface area contributed by atoms with Gasteiger partial charge in [-0.3, -0.25) is 4.79 Å². The number of rotatable bonds is 2. The average molecular weight is 340 g/mol. The van der Waals surface area contributed by atoms with E-state index in [0.717, 1.165) is 61.5 Å². The molecule has 3 heterocycles. The third kappa shape index (κ3) is 2.47. The highest BCUT2D eigenvalue weighted by Gasteiger charge is 2.33. The zero-order chi connectivity index (χ0) is 16.8. The lowest BCUT2D eigenvalue weighted by molar-refractivity contribution is 0.0779. The number of amides is 1. The lowest BCUT2D eigenvalue weighted by atomic mass is 9.96. The van der Waals surface area contributed by atoms with Gasteiger partial charge in [0.2, 0.25) is 6.79 Å². The molecule has 1 aromatic heterocycles. The van der Waals surface area contributed by atoms with E-state index in [1.807, 2.05) is 17.0 Å². The van der Waals surface area contributed by atoms with Gasteiger partial charge in [-0.15, -0.1) is 0 Å². The van der Waals surface area contributed by atoms with Crippen molar-refractivity contribution in [2.45, 2.75) is 38.0 Å². The number of aromatic nitrogens is 1. The van der Waals surface area contributed by atoms with Crippen molar-refractivity contribution in [2.75, 3.05) is 19.9 Å². The highest BCUT2D eigenvalue weighted by Crippen LogP contribution is 2.37. The van der Waals surface area contributed by atoms with Crippen molar-refractivity contribution in [3.05, 3.63) is 40.8 Å². The van der Waals surface area contributed by atoms with Gasteiger partial charge in [-0.05, 0) is 43.4 Å². The molecule has 2 aromatic rings. The number of ether oxygens (including phenoxy) is 2. The normalized spacial score (nSPS) is 21.4. The maximum atomic E-state index is 12.9. The second-order valence-electron chi connectivity index (χ2n) is 6.99. The molecular formula is C19H20N2O4. The van der Waals surface area contributed by atoms with Crippen molar-refractivity contribution >= 4 is 5.91 Å². The van der Waals surface area contributed by atoms with Gasteiger partial charge >= 0.3 is 0 Å². The fourth-order valence-corrected chi connectivity index (χ4v) is 4.09. The Balaban J connectivity index is 1.33. The number of fused-ring (bicyclic) bond motifs is 2. The fourth-order valence-electron chi connectivity index (χ4n) is 4.09. The molecular weight excluding hydrogens is 320 g/mol. The summed E-state index contributed by atoms with van der Waals surface area (Å²) in [5.41, 5.74) is 2.76. The maximum Gasteiger partial charge on any atom is 0.276 e. The summed E-state index contributed by atoms with van der Waals surface area (Å²) in [7, 11) is 0.